The lowest BCUT2D eigenvalue weighted by molar-refractivity contribution is 0.0824. The number of aromatic nitrogens is 2. The third-order valence-corrected chi connectivity index (χ3v) is 4.68. The molecule has 1 N–H and O–H groups in total. The highest BCUT2D eigenvalue weighted by Gasteiger charge is 2.41. The summed E-state index contributed by atoms with van der Waals surface area (Å²) in [6.07, 6.45) is 4.68. The van der Waals surface area contributed by atoms with Crippen LogP contribution in [0.5, 0.6) is 0 Å². The maximum absolute atomic E-state index is 12.8. The summed E-state index contributed by atoms with van der Waals surface area (Å²) in [5, 5.41) is 16.2. The van der Waals surface area contributed by atoms with E-state index in [0.717, 1.165) is 32.1 Å². The van der Waals surface area contributed by atoms with E-state index in [4.69, 9.17) is 9.78 Å². The maximum Gasteiger partial charge on any atom is 0.252 e. The van der Waals surface area contributed by atoms with Crippen LogP contribution >= 0.6 is 0 Å². The molecular weight excluding hydrogens is 316 g/mol. The van der Waals surface area contributed by atoms with Gasteiger partial charge in [-0.3, -0.25) is 4.79 Å². The number of carbonyl (C=O) groups excluding carboxylic acids is 1. The Labute approximate surface area is 147 Å². The van der Waals surface area contributed by atoms with Gasteiger partial charge in [0.25, 0.3) is 11.8 Å². The van der Waals surface area contributed by atoms with Crippen LogP contribution in [0.4, 0.5) is 0 Å². The second-order valence-corrected chi connectivity index (χ2v) is 6.90. The van der Waals surface area contributed by atoms with E-state index in [1.807, 2.05) is 13.8 Å². The molecule has 0 aliphatic heterocycles. The summed E-state index contributed by atoms with van der Waals surface area (Å²) >= 11 is 0. The van der Waals surface area contributed by atoms with Gasteiger partial charge in [-0.2, -0.15) is 10.2 Å². The van der Waals surface area contributed by atoms with E-state index in [9.17, 15) is 4.79 Å². The van der Waals surface area contributed by atoms with Gasteiger partial charge in [0, 0.05) is 11.5 Å². The van der Waals surface area contributed by atoms with Gasteiger partial charge >= 0.3 is 0 Å². The van der Waals surface area contributed by atoms with Crippen LogP contribution in [-0.4, -0.2) is 16.0 Å². The van der Waals surface area contributed by atoms with E-state index in [-0.39, 0.29) is 11.8 Å². The minimum Gasteiger partial charge on any atom is -0.338 e. The summed E-state index contributed by atoms with van der Waals surface area (Å²) in [5.74, 6) is 1.09. The normalized spacial score (nSPS) is 16.4. The first-order valence-corrected chi connectivity index (χ1v) is 8.71. The Balaban J connectivity index is 1.90. The SMILES string of the molecule is CC(C)c1noc(C2(NC(=O)c3cccc(C#N)c3)CCCCC2)n1. The number of hydrogen-bond donors (Lipinski definition) is 1. The zero-order valence-electron chi connectivity index (χ0n) is 14.6. The summed E-state index contributed by atoms with van der Waals surface area (Å²) in [7, 11) is 0. The van der Waals surface area contributed by atoms with Crippen LogP contribution in [0.15, 0.2) is 28.8 Å². The van der Waals surface area contributed by atoms with Crippen LogP contribution in [0, 0.1) is 11.3 Å². The molecular formula is C19H22N4O2. The van der Waals surface area contributed by atoms with E-state index in [2.05, 4.69) is 21.5 Å². The molecule has 1 aliphatic rings. The van der Waals surface area contributed by atoms with E-state index in [1.54, 1.807) is 24.3 Å². The third kappa shape index (κ3) is 3.55. The second kappa shape index (κ2) is 7.06. The van der Waals surface area contributed by atoms with Crippen LogP contribution in [0.25, 0.3) is 0 Å². The molecule has 1 fully saturated rings. The van der Waals surface area contributed by atoms with Gasteiger partial charge in [0.2, 0.25) is 0 Å². The fourth-order valence-corrected chi connectivity index (χ4v) is 3.23. The first kappa shape index (κ1) is 17.2. The van der Waals surface area contributed by atoms with Gasteiger partial charge in [-0.25, -0.2) is 0 Å². The van der Waals surface area contributed by atoms with Crippen LogP contribution in [0.1, 0.15) is 79.5 Å². The monoisotopic (exact) mass is 338 g/mol. The second-order valence-electron chi connectivity index (χ2n) is 6.90. The van der Waals surface area contributed by atoms with Crippen molar-refractivity contribution in [1.82, 2.24) is 15.5 Å². The zero-order chi connectivity index (χ0) is 17.9. The summed E-state index contributed by atoms with van der Waals surface area (Å²) < 4.78 is 5.52. The maximum atomic E-state index is 12.8. The molecule has 6 heteroatoms. The Morgan fingerprint density at radius 1 is 1.32 bits per heavy atom. The largest absolute Gasteiger partial charge is 0.338 e. The topological polar surface area (TPSA) is 91.8 Å². The molecule has 0 saturated heterocycles. The van der Waals surface area contributed by atoms with Crippen molar-refractivity contribution < 1.29 is 9.32 Å². The number of nitrogens with zero attached hydrogens (tertiary/aromatic N) is 3. The molecule has 0 atom stereocenters. The van der Waals surface area contributed by atoms with Crippen molar-refractivity contribution in [1.29, 1.82) is 5.26 Å². The lowest BCUT2D eigenvalue weighted by Gasteiger charge is -2.34. The van der Waals surface area contributed by atoms with Crippen molar-refractivity contribution in [3.05, 3.63) is 47.1 Å². The molecule has 6 nitrogen and oxygen atoms in total. The Morgan fingerprint density at radius 2 is 2.08 bits per heavy atom. The molecule has 3 rings (SSSR count). The number of amides is 1. The number of benzene rings is 1. The molecule has 1 aromatic carbocycles. The molecule has 0 bridgehead atoms. The quantitative estimate of drug-likeness (QED) is 0.918. The highest BCUT2D eigenvalue weighted by atomic mass is 16.5. The van der Waals surface area contributed by atoms with Crippen LogP contribution < -0.4 is 5.32 Å². The Morgan fingerprint density at radius 3 is 2.72 bits per heavy atom. The smallest absolute Gasteiger partial charge is 0.252 e. The van der Waals surface area contributed by atoms with Crippen molar-refractivity contribution in [3.8, 4) is 6.07 Å². The number of nitriles is 1. The zero-order valence-corrected chi connectivity index (χ0v) is 14.6. The summed E-state index contributed by atoms with van der Waals surface area (Å²) in [5.41, 5.74) is 0.302. The number of carbonyl (C=O) groups is 1. The fourth-order valence-electron chi connectivity index (χ4n) is 3.23. The summed E-state index contributed by atoms with van der Waals surface area (Å²) in [6, 6.07) is 8.76. The minimum atomic E-state index is -0.627. The highest BCUT2D eigenvalue weighted by molar-refractivity contribution is 5.95. The van der Waals surface area contributed by atoms with Gasteiger partial charge in [-0.15, -0.1) is 0 Å². The predicted molar refractivity (Wildman–Crippen MR) is 91.8 cm³/mol. The van der Waals surface area contributed by atoms with Crippen molar-refractivity contribution in [2.75, 3.05) is 0 Å². The molecule has 1 saturated carbocycles. The molecule has 25 heavy (non-hydrogen) atoms. The molecule has 0 spiro atoms. The van der Waals surface area contributed by atoms with Crippen LogP contribution in [0.2, 0.25) is 0 Å². The van der Waals surface area contributed by atoms with Crippen LogP contribution in [0.3, 0.4) is 0 Å². The minimum absolute atomic E-state index is 0.168. The number of hydrogen-bond acceptors (Lipinski definition) is 5. The Hall–Kier alpha value is -2.68. The standard InChI is InChI=1S/C19H22N4O2/c1-13(2)16-21-18(25-23-16)19(9-4-3-5-10-19)22-17(24)15-8-6-7-14(11-15)12-20/h6-8,11,13H,3-5,9-10H2,1-2H3,(H,22,24). The molecule has 1 heterocycles. The molecule has 0 radical (unpaired) electrons. The molecule has 2 aromatic rings. The summed E-state index contributed by atoms with van der Waals surface area (Å²) in [6.45, 7) is 4.02. The molecule has 130 valence electrons. The Bertz CT molecular complexity index is 798. The lowest BCUT2D eigenvalue weighted by Crippen LogP contribution is -2.47. The van der Waals surface area contributed by atoms with Crippen molar-refractivity contribution in [2.24, 2.45) is 0 Å². The van der Waals surface area contributed by atoms with Gasteiger partial charge < -0.3 is 9.84 Å². The molecule has 0 unspecified atom stereocenters. The number of rotatable bonds is 4. The molecule has 1 aromatic heterocycles. The van der Waals surface area contributed by atoms with E-state index in [1.165, 1.54) is 0 Å². The Kier molecular flexibility index (Phi) is 4.84. The van der Waals surface area contributed by atoms with Crippen molar-refractivity contribution >= 4 is 5.91 Å². The van der Waals surface area contributed by atoms with Gasteiger partial charge in [0.15, 0.2) is 5.82 Å². The lowest BCUT2D eigenvalue weighted by atomic mass is 9.81. The van der Waals surface area contributed by atoms with Gasteiger partial charge in [0.1, 0.15) is 5.54 Å². The average molecular weight is 338 g/mol. The summed E-state index contributed by atoms with van der Waals surface area (Å²) in [4.78, 5) is 17.3. The van der Waals surface area contributed by atoms with Gasteiger partial charge in [-0.05, 0) is 31.0 Å². The van der Waals surface area contributed by atoms with E-state index < -0.39 is 5.54 Å². The highest BCUT2D eigenvalue weighted by Crippen LogP contribution is 2.37. The number of nitrogens with one attached hydrogen (secondary N) is 1. The van der Waals surface area contributed by atoms with Crippen LogP contribution in [-0.2, 0) is 5.54 Å². The van der Waals surface area contributed by atoms with Crippen molar-refractivity contribution in [2.45, 2.75) is 57.4 Å². The van der Waals surface area contributed by atoms with Crippen molar-refractivity contribution in [3.63, 3.8) is 0 Å². The van der Waals surface area contributed by atoms with Gasteiger partial charge in [0.05, 0.1) is 11.6 Å². The third-order valence-electron chi connectivity index (χ3n) is 4.68. The van der Waals surface area contributed by atoms with E-state index in [0.29, 0.717) is 22.8 Å². The predicted octanol–water partition coefficient (Wildman–Crippen LogP) is 3.65. The van der Waals surface area contributed by atoms with Gasteiger partial charge in [-0.1, -0.05) is 44.3 Å². The fraction of sp³-hybridized carbons (Fsp3) is 0.474. The molecule has 1 aliphatic carbocycles. The first-order chi connectivity index (χ1) is 12.0. The first-order valence-electron chi connectivity index (χ1n) is 8.71. The van der Waals surface area contributed by atoms with E-state index >= 15 is 0 Å². The average Bonchev–Trinajstić information content (AvgIpc) is 3.14. The molecule has 1 amide bonds.